The van der Waals surface area contributed by atoms with Crippen molar-refractivity contribution in [3.8, 4) is 0 Å². The molecule has 4 N–H and O–H groups in total. The van der Waals surface area contributed by atoms with Crippen molar-refractivity contribution < 1.29 is 18.7 Å². The molecule has 1 aromatic carbocycles. The molecule has 0 saturated heterocycles. The van der Waals surface area contributed by atoms with E-state index < -0.39 is 5.82 Å². The van der Waals surface area contributed by atoms with Gasteiger partial charge in [0, 0.05) is 16.5 Å². The Morgan fingerprint density at radius 2 is 2.15 bits per heavy atom. The zero-order valence-electron chi connectivity index (χ0n) is 10.1. The Hall–Kier alpha value is -2.47. The number of hydrogen-bond donors (Lipinski definition) is 3. The molecule has 0 aliphatic heterocycles. The van der Waals surface area contributed by atoms with E-state index in [9.17, 15) is 9.60 Å². The summed E-state index contributed by atoms with van der Waals surface area (Å²) in [6, 6.07) is 5.88. The fourth-order valence-electron chi connectivity index (χ4n) is 1.90. The van der Waals surface area contributed by atoms with Gasteiger partial charge in [-0.05, 0) is 18.2 Å². The lowest BCUT2D eigenvalue weighted by Gasteiger charge is -2.06. The number of benzene rings is 1. The third-order valence-corrected chi connectivity index (χ3v) is 3.12. The summed E-state index contributed by atoms with van der Waals surface area (Å²) in [5, 5.41) is 13.0. The number of nitrogens with one attached hydrogen (secondary N) is 1. The first kappa shape index (κ1) is 12.6. The van der Waals surface area contributed by atoms with Gasteiger partial charge in [-0.25, -0.2) is 4.39 Å². The van der Waals surface area contributed by atoms with E-state index in [1.807, 2.05) is 0 Å². The van der Waals surface area contributed by atoms with Gasteiger partial charge in [-0.15, -0.1) is 0 Å². The molecule has 0 aliphatic rings. The zero-order chi connectivity index (χ0) is 14.3. The van der Waals surface area contributed by atoms with Crippen LogP contribution in [0.25, 0.3) is 11.0 Å². The molecule has 7 heteroatoms. The second-order valence-corrected chi connectivity index (χ2v) is 4.61. The number of pyridine rings is 1. The Labute approximate surface area is 118 Å². The first-order valence-electron chi connectivity index (χ1n) is 5.69. The molecule has 3 aromatic rings. The van der Waals surface area contributed by atoms with Crippen LogP contribution >= 0.6 is 11.6 Å². The summed E-state index contributed by atoms with van der Waals surface area (Å²) in [4.78, 5) is 0. The van der Waals surface area contributed by atoms with Crippen LogP contribution < -0.4 is 15.8 Å². The molecule has 2 aromatic heterocycles. The van der Waals surface area contributed by atoms with Gasteiger partial charge in [0.15, 0.2) is 0 Å². The average Bonchev–Trinajstić information content (AvgIpc) is 2.69. The second kappa shape index (κ2) is 4.57. The molecule has 0 fully saturated rings. The van der Waals surface area contributed by atoms with Gasteiger partial charge in [0.1, 0.15) is 11.5 Å². The molecule has 0 bridgehead atoms. The maximum absolute atomic E-state index is 13.1. The van der Waals surface area contributed by atoms with E-state index in [0.717, 1.165) is 4.73 Å². The highest BCUT2D eigenvalue weighted by atomic mass is 35.5. The Morgan fingerprint density at radius 3 is 2.90 bits per heavy atom. The molecule has 3 rings (SSSR count). The van der Waals surface area contributed by atoms with E-state index in [2.05, 4.69) is 5.32 Å². The standard InChI is InChI=1S/C13H9ClFN3O2/c14-9-5-7(1-2-10(9)15)17-12-8-3-4-18(19)6-11(8)20-13(12)16/h1-6,16-17,19H/p+1. The predicted octanol–water partition coefficient (Wildman–Crippen LogP) is 3.08. The number of furan rings is 1. The summed E-state index contributed by atoms with van der Waals surface area (Å²) in [5.74, 6) is -0.338. The summed E-state index contributed by atoms with van der Waals surface area (Å²) in [6.45, 7) is 0. The summed E-state index contributed by atoms with van der Waals surface area (Å²) in [6.07, 6.45) is 2.83. The number of anilines is 3. The van der Waals surface area contributed by atoms with Gasteiger partial charge in [-0.2, -0.15) is 0 Å². The molecule has 20 heavy (non-hydrogen) atoms. The topological polar surface area (TPSA) is 75.3 Å². The average molecular weight is 295 g/mol. The van der Waals surface area contributed by atoms with Crippen molar-refractivity contribution in [3.63, 3.8) is 0 Å². The summed E-state index contributed by atoms with van der Waals surface area (Å²) < 4.78 is 19.3. The largest absolute Gasteiger partial charge is 0.432 e. The van der Waals surface area contributed by atoms with Crippen LogP contribution in [0.15, 0.2) is 41.1 Å². The molecular weight excluding hydrogens is 285 g/mol. The molecule has 102 valence electrons. The zero-order valence-corrected chi connectivity index (χ0v) is 10.9. The molecule has 0 spiro atoms. The van der Waals surface area contributed by atoms with E-state index >= 15 is 0 Å². The van der Waals surface area contributed by atoms with E-state index in [1.54, 1.807) is 6.07 Å². The number of fused-ring (bicyclic) bond motifs is 1. The SMILES string of the molecule is Nc1oc2c[n+](O)ccc2c1Nc1ccc(F)c(Cl)c1. The smallest absolute Gasteiger partial charge is 0.265 e. The van der Waals surface area contributed by atoms with Crippen LogP contribution in [-0.2, 0) is 0 Å². The van der Waals surface area contributed by atoms with Crippen LogP contribution in [0, 0.1) is 5.82 Å². The molecule has 5 nitrogen and oxygen atoms in total. The first-order valence-corrected chi connectivity index (χ1v) is 6.07. The van der Waals surface area contributed by atoms with Crippen LogP contribution in [0.1, 0.15) is 0 Å². The van der Waals surface area contributed by atoms with Gasteiger partial charge in [0.25, 0.3) is 6.20 Å². The highest BCUT2D eigenvalue weighted by Crippen LogP contribution is 2.34. The van der Waals surface area contributed by atoms with Gasteiger partial charge < -0.3 is 15.5 Å². The monoisotopic (exact) mass is 294 g/mol. The van der Waals surface area contributed by atoms with E-state index in [-0.39, 0.29) is 10.9 Å². The predicted molar refractivity (Wildman–Crippen MR) is 72.7 cm³/mol. The third kappa shape index (κ3) is 2.10. The summed E-state index contributed by atoms with van der Waals surface area (Å²) in [7, 11) is 0. The number of hydrogen-bond acceptors (Lipinski definition) is 4. The minimum atomic E-state index is -0.497. The van der Waals surface area contributed by atoms with E-state index in [4.69, 9.17) is 21.8 Å². The molecule has 0 saturated carbocycles. The van der Waals surface area contributed by atoms with Crippen molar-refractivity contribution in [3.05, 3.63) is 47.5 Å². The molecule has 0 amide bonds. The van der Waals surface area contributed by atoms with Gasteiger partial charge in [0.05, 0.1) is 10.4 Å². The van der Waals surface area contributed by atoms with Gasteiger partial charge in [-0.3, -0.25) is 5.21 Å². The molecule has 0 unspecified atom stereocenters. The van der Waals surface area contributed by atoms with Crippen LogP contribution in [0.2, 0.25) is 5.02 Å². The minimum Gasteiger partial charge on any atom is -0.432 e. The Morgan fingerprint density at radius 1 is 1.35 bits per heavy atom. The Bertz CT molecular complexity index is 804. The van der Waals surface area contributed by atoms with Crippen molar-refractivity contribution in [2.24, 2.45) is 0 Å². The van der Waals surface area contributed by atoms with Crippen molar-refractivity contribution in [1.29, 1.82) is 0 Å². The van der Waals surface area contributed by atoms with E-state index in [0.29, 0.717) is 22.3 Å². The van der Waals surface area contributed by atoms with Crippen LogP contribution in [0.4, 0.5) is 21.6 Å². The number of rotatable bonds is 2. The van der Waals surface area contributed by atoms with Crippen LogP contribution in [-0.4, -0.2) is 5.21 Å². The maximum Gasteiger partial charge on any atom is 0.265 e. The van der Waals surface area contributed by atoms with Crippen LogP contribution in [0.5, 0.6) is 0 Å². The van der Waals surface area contributed by atoms with Gasteiger partial charge in [-0.1, -0.05) is 11.6 Å². The van der Waals surface area contributed by atoms with Gasteiger partial charge >= 0.3 is 0 Å². The third-order valence-electron chi connectivity index (χ3n) is 2.83. The lowest BCUT2D eigenvalue weighted by molar-refractivity contribution is -0.904. The number of nitrogens with zero attached hydrogens (tertiary/aromatic N) is 1. The van der Waals surface area contributed by atoms with Crippen LogP contribution in [0.3, 0.4) is 0 Å². The van der Waals surface area contributed by atoms with Crippen molar-refractivity contribution in [2.45, 2.75) is 0 Å². The van der Waals surface area contributed by atoms with Crippen molar-refractivity contribution in [2.75, 3.05) is 11.1 Å². The molecule has 2 heterocycles. The minimum absolute atomic E-state index is 0.00886. The Balaban J connectivity index is 2.05. The molecule has 0 aliphatic carbocycles. The molecule has 0 radical (unpaired) electrons. The highest BCUT2D eigenvalue weighted by Gasteiger charge is 2.15. The summed E-state index contributed by atoms with van der Waals surface area (Å²) in [5.41, 5.74) is 7.32. The number of nitrogen functional groups attached to an aromatic ring is 1. The fourth-order valence-corrected chi connectivity index (χ4v) is 2.08. The maximum atomic E-state index is 13.1. The van der Waals surface area contributed by atoms with E-state index in [1.165, 1.54) is 30.6 Å². The highest BCUT2D eigenvalue weighted by molar-refractivity contribution is 6.31. The lowest BCUT2D eigenvalue weighted by Crippen LogP contribution is -2.27. The normalized spacial score (nSPS) is 10.9. The van der Waals surface area contributed by atoms with Crippen molar-refractivity contribution >= 4 is 39.8 Å². The fraction of sp³-hybridized carbons (Fsp3) is 0. The summed E-state index contributed by atoms with van der Waals surface area (Å²) >= 11 is 5.73. The molecule has 0 atom stereocenters. The van der Waals surface area contributed by atoms with Gasteiger partial charge in [0.2, 0.25) is 17.7 Å². The molecular formula is C13H10ClFN3O2+. The Kier molecular flexibility index (Phi) is 2.87. The number of nitrogens with two attached hydrogens (primary N) is 1. The van der Waals surface area contributed by atoms with Crippen molar-refractivity contribution in [1.82, 2.24) is 0 Å². The second-order valence-electron chi connectivity index (χ2n) is 4.20. The first-order chi connectivity index (χ1) is 9.54. The quantitative estimate of drug-likeness (QED) is 0.501. The number of halogens is 2. The lowest BCUT2D eigenvalue weighted by atomic mass is 10.2. The number of aromatic nitrogens is 1.